The summed E-state index contributed by atoms with van der Waals surface area (Å²) in [5, 5.41) is 19.9. The topological polar surface area (TPSA) is 113 Å². The van der Waals surface area contributed by atoms with Crippen molar-refractivity contribution >= 4 is 22.8 Å². The molecule has 0 atom stereocenters. The standard InChI is InChI=1S/C11H16N6O/c12-10-15-8(7-5-14-17-9(7)16-10)13-6-11(1-2-11)3-4-18/h5,18H,1-4,6H2,(H4,12,13,14,15,16,17). The van der Waals surface area contributed by atoms with Crippen molar-refractivity contribution in [3.05, 3.63) is 6.20 Å². The molecule has 0 amide bonds. The van der Waals surface area contributed by atoms with E-state index in [1.165, 1.54) is 0 Å². The summed E-state index contributed by atoms with van der Waals surface area (Å²) in [6.45, 7) is 1.03. The van der Waals surface area contributed by atoms with Crippen molar-refractivity contribution in [2.75, 3.05) is 24.2 Å². The first-order valence-electron chi connectivity index (χ1n) is 6.04. The average molecular weight is 248 g/mol. The lowest BCUT2D eigenvalue weighted by Crippen LogP contribution is -2.18. The summed E-state index contributed by atoms with van der Waals surface area (Å²) in [4.78, 5) is 8.26. The van der Waals surface area contributed by atoms with E-state index in [4.69, 9.17) is 10.8 Å². The second kappa shape index (κ2) is 4.09. The molecule has 0 radical (unpaired) electrons. The third-order valence-electron chi connectivity index (χ3n) is 3.56. The number of aromatic nitrogens is 4. The first-order valence-corrected chi connectivity index (χ1v) is 6.04. The number of nitrogens with zero attached hydrogens (tertiary/aromatic N) is 3. The number of anilines is 2. The van der Waals surface area contributed by atoms with Gasteiger partial charge >= 0.3 is 0 Å². The summed E-state index contributed by atoms with van der Waals surface area (Å²) < 4.78 is 0. The number of nitrogen functional groups attached to an aromatic ring is 1. The largest absolute Gasteiger partial charge is 0.396 e. The Morgan fingerprint density at radius 3 is 3.00 bits per heavy atom. The van der Waals surface area contributed by atoms with Crippen LogP contribution in [0.1, 0.15) is 19.3 Å². The summed E-state index contributed by atoms with van der Waals surface area (Å²) in [7, 11) is 0. The smallest absolute Gasteiger partial charge is 0.224 e. The summed E-state index contributed by atoms with van der Waals surface area (Å²) in [5.41, 5.74) is 6.51. The SMILES string of the molecule is Nc1nc(NCC2(CCO)CC2)c2cn[nH]c2n1. The Bertz CT molecular complexity index is 562. The molecule has 2 aromatic rings. The van der Waals surface area contributed by atoms with Crippen LogP contribution in [0.5, 0.6) is 0 Å². The number of rotatable bonds is 5. The van der Waals surface area contributed by atoms with E-state index >= 15 is 0 Å². The highest BCUT2D eigenvalue weighted by Gasteiger charge is 2.41. The molecule has 0 unspecified atom stereocenters. The number of nitrogens with two attached hydrogens (primary N) is 1. The van der Waals surface area contributed by atoms with E-state index < -0.39 is 0 Å². The fourth-order valence-electron chi connectivity index (χ4n) is 2.19. The first kappa shape index (κ1) is 11.2. The number of H-pyrrole nitrogens is 1. The maximum absolute atomic E-state index is 9.03. The predicted octanol–water partition coefficient (Wildman–Crippen LogP) is 0.510. The molecular formula is C11H16N6O. The van der Waals surface area contributed by atoms with Gasteiger partial charge in [-0.25, -0.2) is 0 Å². The number of nitrogens with one attached hydrogen (secondary N) is 2. The average Bonchev–Trinajstić information content (AvgIpc) is 2.94. The Hall–Kier alpha value is -1.89. The van der Waals surface area contributed by atoms with Crippen LogP contribution in [-0.2, 0) is 0 Å². The Kier molecular flexibility index (Phi) is 2.55. The van der Waals surface area contributed by atoms with E-state index in [0.29, 0.717) is 11.5 Å². The summed E-state index contributed by atoms with van der Waals surface area (Å²) in [6.07, 6.45) is 4.81. The predicted molar refractivity (Wildman–Crippen MR) is 68.0 cm³/mol. The van der Waals surface area contributed by atoms with Crippen molar-refractivity contribution in [1.82, 2.24) is 20.2 Å². The lowest BCUT2D eigenvalue weighted by molar-refractivity contribution is 0.253. The maximum atomic E-state index is 9.03. The second-order valence-electron chi connectivity index (χ2n) is 4.89. The number of aromatic amines is 1. The van der Waals surface area contributed by atoms with Gasteiger partial charge in [0.15, 0.2) is 5.65 Å². The lowest BCUT2D eigenvalue weighted by atomic mass is 10.0. The van der Waals surface area contributed by atoms with Gasteiger partial charge in [0.2, 0.25) is 5.95 Å². The number of hydrogen-bond acceptors (Lipinski definition) is 6. The van der Waals surface area contributed by atoms with Crippen molar-refractivity contribution in [3.8, 4) is 0 Å². The van der Waals surface area contributed by atoms with Gasteiger partial charge in [0.05, 0.1) is 11.6 Å². The molecule has 7 heteroatoms. The molecule has 18 heavy (non-hydrogen) atoms. The molecule has 5 N–H and O–H groups in total. The molecule has 1 saturated carbocycles. The van der Waals surface area contributed by atoms with E-state index in [2.05, 4.69) is 25.5 Å². The molecule has 2 aromatic heterocycles. The zero-order valence-electron chi connectivity index (χ0n) is 9.98. The molecule has 0 spiro atoms. The molecule has 1 aliphatic rings. The van der Waals surface area contributed by atoms with Crippen LogP contribution in [0.25, 0.3) is 11.0 Å². The van der Waals surface area contributed by atoms with Crippen molar-refractivity contribution < 1.29 is 5.11 Å². The van der Waals surface area contributed by atoms with Gasteiger partial charge < -0.3 is 16.2 Å². The third-order valence-corrected chi connectivity index (χ3v) is 3.56. The van der Waals surface area contributed by atoms with Crippen LogP contribution >= 0.6 is 0 Å². The highest BCUT2D eigenvalue weighted by molar-refractivity contribution is 5.86. The number of fused-ring (bicyclic) bond motifs is 1. The highest BCUT2D eigenvalue weighted by atomic mass is 16.3. The molecule has 0 saturated heterocycles. The first-order chi connectivity index (χ1) is 8.72. The van der Waals surface area contributed by atoms with Crippen molar-refractivity contribution in [2.24, 2.45) is 5.41 Å². The van der Waals surface area contributed by atoms with Gasteiger partial charge in [0.25, 0.3) is 0 Å². The molecule has 1 fully saturated rings. The van der Waals surface area contributed by atoms with Crippen LogP contribution in [0.15, 0.2) is 6.20 Å². The molecule has 96 valence electrons. The minimum atomic E-state index is 0.223. The maximum Gasteiger partial charge on any atom is 0.224 e. The minimum Gasteiger partial charge on any atom is -0.396 e. The van der Waals surface area contributed by atoms with Crippen LogP contribution in [0.4, 0.5) is 11.8 Å². The normalized spacial score (nSPS) is 16.9. The minimum absolute atomic E-state index is 0.223. The Balaban J connectivity index is 1.80. The Morgan fingerprint density at radius 2 is 2.28 bits per heavy atom. The van der Waals surface area contributed by atoms with Gasteiger partial charge in [-0.1, -0.05) is 0 Å². The zero-order valence-corrected chi connectivity index (χ0v) is 9.98. The molecule has 1 aliphatic carbocycles. The van der Waals surface area contributed by atoms with E-state index in [0.717, 1.165) is 31.2 Å². The van der Waals surface area contributed by atoms with Crippen molar-refractivity contribution in [3.63, 3.8) is 0 Å². The zero-order chi connectivity index (χ0) is 12.6. The van der Waals surface area contributed by atoms with Gasteiger partial charge in [0, 0.05) is 13.2 Å². The molecule has 7 nitrogen and oxygen atoms in total. The van der Waals surface area contributed by atoms with Gasteiger partial charge in [-0.05, 0) is 24.7 Å². The summed E-state index contributed by atoms with van der Waals surface area (Å²) in [5.74, 6) is 0.928. The molecule has 0 aliphatic heterocycles. The molecule has 2 heterocycles. The number of hydrogen-bond donors (Lipinski definition) is 4. The fourth-order valence-corrected chi connectivity index (χ4v) is 2.19. The van der Waals surface area contributed by atoms with Gasteiger partial charge in [0.1, 0.15) is 5.82 Å². The summed E-state index contributed by atoms with van der Waals surface area (Å²) >= 11 is 0. The highest BCUT2D eigenvalue weighted by Crippen LogP contribution is 2.48. The molecule has 0 bridgehead atoms. The van der Waals surface area contributed by atoms with Gasteiger partial charge in [-0.15, -0.1) is 0 Å². The molecule has 0 aromatic carbocycles. The van der Waals surface area contributed by atoms with Crippen LogP contribution in [0.2, 0.25) is 0 Å². The van der Waals surface area contributed by atoms with Crippen molar-refractivity contribution in [1.29, 1.82) is 0 Å². The Labute approximate surface area is 104 Å². The van der Waals surface area contributed by atoms with E-state index in [1.807, 2.05) is 0 Å². The monoisotopic (exact) mass is 248 g/mol. The second-order valence-corrected chi connectivity index (χ2v) is 4.89. The molecular weight excluding hydrogens is 232 g/mol. The third kappa shape index (κ3) is 1.97. The quantitative estimate of drug-likeness (QED) is 0.613. The number of aliphatic hydroxyl groups is 1. The number of aliphatic hydroxyl groups excluding tert-OH is 1. The van der Waals surface area contributed by atoms with Crippen LogP contribution in [-0.4, -0.2) is 38.4 Å². The van der Waals surface area contributed by atoms with E-state index in [-0.39, 0.29) is 18.0 Å². The van der Waals surface area contributed by atoms with Crippen LogP contribution < -0.4 is 11.1 Å². The van der Waals surface area contributed by atoms with E-state index in [9.17, 15) is 0 Å². The lowest BCUT2D eigenvalue weighted by Gasteiger charge is -2.15. The van der Waals surface area contributed by atoms with Gasteiger partial charge in [-0.2, -0.15) is 15.1 Å². The van der Waals surface area contributed by atoms with Gasteiger partial charge in [-0.3, -0.25) is 5.10 Å². The molecule has 3 rings (SSSR count). The van der Waals surface area contributed by atoms with Crippen LogP contribution in [0, 0.1) is 5.41 Å². The fraction of sp³-hybridized carbons (Fsp3) is 0.545. The van der Waals surface area contributed by atoms with Crippen molar-refractivity contribution in [2.45, 2.75) is 19.3 Å². The summed E-state index contributed by atoms with van der Waals surface area (Å²) in [6, 6.07) is 0. The Morgan fingerprint density at radius 1 is 1.44 bits per heavy atom. The van der Waals surface area contributed by atoms with Crippen LogP contribution in [0.3, 0.4) is 0 Å². The van der Waals surface area contributed by atoms with E-state index in [1.54, 1.807) is 6.20 Å².